The highest BCUT2D eigenvalue weighted by molar-refractivity contribution is 6.06. The Labute approximate surface area is 129 Å². The monoisotopic (exact) mass is 316 g/mol. The van der Waals surface area contributed by atoms with E-state index in [1.807, 2.05) is 5.32 Å². The molecule has 2 heterocycles. The molecule has 1 unspecified atom stereocenters. The Morgan fingerprint density at radius 1 is 1.35 bits per heavy atom. The molecule has 0 spiro atoms. The number of hydroxylamine groups is 2. The maximum atomic E-state index is 11.8. The van der Waals surface area contributed by atoms with Crippen LogP contribution in [0.15, 0.2) is 30.3 Å². The van der Waals surface area contributed by atoms with E-state index in [4.69, 9.17) is 10.5 Å². The number of nitrogens with zero attached hydrogens (tertiary/aromatic N) is 2. The van der Waals surface area contributed by atoms with Crippen LogP contribution >= 0.6 is 0 Å². The number of hydrogen-bond donors (Lipinski definition) is 3. The molecule has 1 aliphatic rings. The van der Waals surface area contributed by atoms with Crippen molar-refractivity contribution < 1.29 is 24.3 Å². The Bertz CT molecular complexity index is 822. The van der Waals surface area contributed by atoms with Crippen molar-refractivity contribution in [2.45, 2.75) is 12.5 Å². The number of aromatic nitrogens is 1. The number of amides is 3. The van der Waals surface area contributed by atoms with Crippen LogP contribution in [0.3, 0.4) is 0 Å². The smallest absolute Gasteiger partial charge is 0.399 e. The first kappa shape index (κ1) is 14.7. The van der Waals surface area contributed by atoms with Crippen LogP contribution < -0.4 is 15.8 Å². The van der Waals surface area contributed by atoms with Crippen LogP contribution in [0, 0.1) is 0 Å². The van der Waals surface area contributed by atoms with E-state index in [1.165, 1.54) is 6.07 Å². The zero-order chi connectivity index (χ0) is 16.6. The second-order valence-electron chi connectivity index (χ2n) is 4.95. The average molecular weight is 316 g/mol. The van der Waals surface area contributed by atoms with E-state index in [9.17, 15) is 19.6 Å². The van der Waals surface area contributed by atoms with Gasteiger partial charge in [0.15, 0.2) is 6.04 Å². The minimum atomic E-state index is -1.31. The fourth-order valence-corrected chi connectivity index (χ4v) is 2.18. The molecule has 1 aromatic heterocycles. The van der Waals surface area contributed by atoms with Gasteiger partial charge < -0.3 is 10.5 Å². The number of carbonyl (C=O) groups excluding carboxylic acids is 3. The van der Waals surface area contributed by atoms with E-state index in [0.717, 1.165) is 5.39 Å². The van der Waals surface area contributed by atoms with Crippen molar-refractivity contribution in [3.63, 3.8) is 0 Å². The Morgan fingerprint density at radius 3 is 2.83 bits per heavy atom. The molecule has 0 bridgehead atoms. The molecule has 1 aliphatic heterocycles. The molecule has 4 N–H and O–H groups in total. The second-order valence-corrected chi connectivity index (χ2v) is 4.95. The molecule has 1 fully saturated rings. The van der Waals surface area contributed by atoms with Gasteiger partial charge in [-0.15, -0.1) is 0 Å². The number of pyridine rings is 1. The molecule has 0 radical (unpaired) electrons. The number of carbonyl (C=O) groups is 3. The van der Waals surface area contributed by atoms with Gasteiger partial charge >= 0.3 is 6.09 Å². The zero-order valence-electron chi connectivity index (χ0n) is 11.7. The lowest BCUT2D eigenvalue weighted by Gasteiger charge is -2.18. The minimum Gasteiger partial charge on any atom is -0.399 e. The average Bonchev–Trinajstić information content (AvgIpc) is 2.85. The first-order chi connectivity index (χ1) is 10.9. The van der Waals surface area contributed by atoms with Crippen molar-refractivity contribution in [3.8, 4) is 5.88 Å². The van der Waals surface area contributed by atoms with Gasteiger partial charge in [0.1, 0.15) is 0 Å². The predicted octanol–water partition coefficient (Wildman–Crippen LogP) is 0.422. The molecule has 9 heteroatoms. The predicted molar refractivity (Wildman–Crippen MR) is 77.4 cm³/mol. The summed E-state index contributed by atoms with van der Waals surface area (Å²) in [4.78, 5) is 38.4. The van der Waals surface area contributed by atoms with Crippen molar-refractivity contribution in [1.29, 1.82) is 0 Å². The van der Waals surface area contributed by atoms with Gasteiger partial charge in [0.2, 0.25) is 11.8 Å². The molecule has 1 saturated heterocycles. The number of nitrogens with one attached hydrogen (secondary N) is 1. The molecule has 118 valence electrons. The van der Waals surface area contributed by atoms with Crippen LogP contribution in [-0.4, -0.2) is 39.2 Å². The summed E-state index contributed by atoms with van der Waals surface area (Å²) in [7, 11) is 0. The van der Waals surface area contributed by atoms with Crippen LogP contribution in [0.5, 0.6) is 5.88 Å². The third kappa shape index (κ3) is 2.90. The molecule has 1 aromatic carbocycles. The topological polar surface area (TPSA) is 135 Å². The molecular formula is C14H12N4O5. The Kier molecular flexibility index (Phi) is 3.54. The van der Waals surface area contributed by atoms with E-state index in [2.05, 4.69) is 4.98 Å². The summed E-state index contributed by atoms with van der Waals surface area (Å²) < 4.78 is 4.91. The van der Waals surface area contributed by atoms with Gasteiger partial charge in [-0.2, -0.15) is 5.06 Å². The number of ether oxygens (including phenoxy) is 1. The van der Waals surface area contributed by atoms with E-state index in [1.54, 1.807) is 24.3 Å². The third-order valence-corrected chi connectivity index (χ3v) is 3.31. The van der Waals surface area contributed by atoms with Crippen molar-refractivity contribution in [2.24, 2.45) is 0 Å². The Balaban J connectivity index is 1.76. The van der Waals surface area contributed by atoms with Crippen molar-refractivity contribution in [1.82, 2.24) is 15.4 Å². The van der Waals surface area contributed by atoms with Crippen molar-refractivity contribution in [2.75, 3.05) is 5.73 Å². The molecule has 0 aliphatic carbocycles. The fraction of sp³-hybridized carbons (Fsp3) is 0.143. The highest BCUT2D eigenvalue weighted by atomic mass is 16.6. The first-order valence-electron chi connectivity index (χ1n) is 6.64. The van der Waals surface area contributed by atoms with Gasteiger partial charge in [0, 0.05) is 17.1 Å². The van der Waals surface area contributed by atoms with Crippen LogP contribution in [-0.2, 0) is 9.59 Å². The number of anilines is 1. The van der Waals surface area contributed by atoms with E-state index in [-0.39, 0.29) is 17.4 Å². The van der Waals surface area contributed by atoms with Crippen LogP contribution in [0.1, 0.15) is 6.42 Å². The maximum Gasteiger partial charge on any atom is 0.441 e. The quantitative estimate of drug-likeness (QED) is 0.316. The van der Waals surface area contributed by atoms with Gasteiger partial charge in [-0.05, 0) is 24.3 Å². The van der Waals surface area contributed by atoms with Crippen LogP contribution in [0.4, 0.5) is 10.5 Å². The van der Waals surface area contributed by atoms with Crippen molar-refractivity contribution in [3.05, 3.63) is 30.3 Å². The Morgan fingerprint density at radius 2 is 2.13 bits per heavy atom. The normalized spacial score (nSPS) is 17.2. The van der Waals surface area contributed by atoms with Crippen LogP contribution in [0.2, 0.25) is 0 Å². The SMILES string of the molecule is Nc1ccc2nc(OC(=O)N(O)C3CC(=O)NC3=O)ccc2c1. The summed E-state index contributed by atoms with van der Waals surface area (Å²) in [5, 5.41) is 12.5. The molecular weight excluding hydrogens is 304 g/mol. The van der Waals surface area contributed by atoms with Crippen molar-refractivity contribution >= 4 is 34.5 Å². The molecule has 1 atom stereocenters. The number of imide groups is 1. The van der Waals surface area contributed by atoms with Gasteiger partial charge in [0.05, 0.1) is 11.9 Å². The Hall–Kier alpha value is -3.20. The maximum absolute atomic E-state index is 11.8. The summed E-state index contributed by atoms with van der Waals surface area (Å²) >= 11 is 0. The number of fused-ring (bicyclic) bond motifs is 1. The molecule has 23 heavy (non-hydrogen) atoms. The van der Waals surface area contributed by atoms with Gasteiger partial charge in [0.25, 0.3) is 5.91 Å². The zero-order valence-corrected chi connectivity index (χ0v) is 11.7. The van der Waals surface area contributed by atoms with Gasteiger partial charge in [-0.1, -0.05) is 0 Å². The third-order valence-electron chi connectivity index (χ3n) is 3.31. The summed E-state index contributed by atoms with van der Waals surface area (Å²) in [6.07, 6.45) is -1.53. The van der Waals surface area contributed by atoms with E-state index < -0.39 is 23.9 Å². The molecule has 3 rings (SSSR count). The van der Waals surface area contributed by atoms with Gasteiger partial charge in [-0.3, -0.25) is 20.1 Å². The van der Waals surface area contributed by atoms with E-state index in [0.29, 0.717) is 11.2 Å². The lowest BCUT2D eigenvalue weighted by atomic mass is 10.2. The molecule has 9 nitrogen and oxygen atoms in total. The molecule has 2 aromatic rings. The number of nitrogens with two attached hydrogens (primary N) is 1. The summed E-state index contributed by atoms with van der Waals surface area (Å²) in [5.41, 5.74) is 6.77. The number of benzene rings is 1. The lowest BCUT2D eigenvalue weighted by molar-refractivity contribution is -0.138. The second kappa shape index (κ2) is 5.54. The summed E-state index contributed by atoms with van der Waals surface area (Å²) in [5.74, 6) is -1.40. The molecule has 0 saturated carbocycles. The van der Waals surface area contributed by atoms with E-state index >= 15 is 0 Å². The first-order valence-corrected chi connectivity index (χ1v) is 6.64. The lowest BCUT2D eigenvalue weighted by Crippen LogP contribution is -2.43. The number of rotatable bonds is 2. The van der Waals surface area contributed by atoms with Gasteiger partial charge in [-0.25, -0.2) is 9.78 Å². The minimum absolute atomic E-state index is 0.0592. The largest absolute Gasteiger partial charge is 0.441 e. The highest BCUT2D eigenvalue weighted by Crippen LogP contribution is 2.20. The number of hydrogen-bond acceptors (Lipinski definition) is 7. The number of nitrogen functional groups attached to an aromatic ring is 1. The highest BCUT2D eigenvalue weighted by Gasteiger charge is 2.38. The fourth-order valence-electron chi connectivity index (χ4n) is 2.18. The summed E-state index contributed by atoms with van der Waals surface area (Å²) in [6.45, 7) is 0. The van der Waals surface area contributed by atoms with Crippen LogP contribution in [0.25, 0.3) is 10.9 Å². The molecule has 3 amide bonds. The summed E-state index contributed by atoms with van der Waals surface area (Å²) in [6, 6.07) is 6.77. The standard InChI is InChI=1S/C14H12N4O5/c15-8-2-3-9-7(5-8)1-4-12(16-9)23-14(21)18(22)10-6-11(19)17-13(10)20/h1-5,10,22H,6,15H2,(H,17,19,20).